The summed E-state index contributed by atoms with van der Waals surface area (Å²) in [7, 11) is 3.08. The van der Waals surface area contributed by atoms with Crippen LogP contribution in [0.15, 0.2) is 0 Å². The molecule has 3 atom stereocenters. The summed E-state index contributed by atoms with van der Waals surface area (Å²) in [6, 6.07) is -2.02. The first-order chi connectivity index (χ1) is 15.0. The predicted molar refractivity (Wildman–Crippen MR) is 121 cm³/mol. The number of ether oxygens (including phenoxy) is 1. The number of hydrogen-bond acceptors (Lipinski definition) is 5. The highest BCUT2D eigenvalue weighted by Crippen LogP contribution is 2.29. The lowest BCUT2D eigenvalue weighted by Gasteiger charge is -2.36. The molecule has 2 N–H and O–H groups in total. The largest absolute Gasteiger partial charge is 0.444 e. The molecule has 2 fully saturated rings. The third kappa shape index (κ3) is 6.59. The second-order valence-electron chi connectivity index (χ2n) is 9.96. The van der Waals surface area contributed by atoms with Crippen molar-refractivity contribution in [2.45, 2.75) is 96.4 Å². The lowest BCUT2D eigenvalue weighted by atomic mass is 9.83. The van der Waals surface area contributed by atoms with Crippen LogP contribution >= 0.6 is 0 Å². The van der Waals surface area contributed by atoms with Crippen molar-refractivity contribution in [2.75, 3.05) is 20.6 Å². The Balaban J connectivity index is 2.16. The second-order valence-corrected chi connectivity index (χ2v) is 9.96. The van der Waals surface area contributed by atoms with Gasteiger partial charge in [0.1, 0.15) is 23.7 Å². The number of likely N-dealkylation sites (tertiary alicyclic amines) is 1. The van der Waals surface area contributed by atoms with Gasteiger partial charge in [-0.3, -0.25) is 19.3 Å². The van der Waals surface area contributed by atoms with Crippen molar-refractivity contribution in [3.63, 3.8) is 0 Å². The van der Waals surface area contributed by atoms with Crippen LogP contribution in [0.2, 0.25) is 0 Å². The molecule has 4 amide bonds. The van der Waals surface area contributed by atoms with E-state index in [-0.39, 0.29) is 17.7 Å². The maximum atomic E-state index is 13.6. The van der Waals surface area contributed by atoms with Gasteiger partial charge >= 0.3 is 6.09 Å². The molecule has 0 unspecified atom stereocenters. The van der Waals surface area contributed by atoms with Gasteiger partial charge in [0.25, 0.3) is 0 Å². The molecule has 0 aromatic heterocycles. The Kier molecular flexibility index (Phi) is 8.92. The molecule has 2 aliphatic rings. The Labute approximate surface area is 191 Å². The maximum Gasteiger partial charge on any atom is 0.410 e. The lowest BCUT2D eigenvalue weighted by Crippen LogP contribution is -2.58. The number of hydrogen-bond donors (Lipinski definition) is 2. The second kappa shape index (κ2) is 11.0. The molecule has 0 spiro atoms. The summed E-state index contributed by atoms with van der Waals surface area (Å²) in [6.45, 7) is 7.41. The number of nitrogens with zero attached hydrogens (tertiary/aromatic N) is 2. The minimum absolute atomic E-state index is 0.0187. The van der Waals surface area contributed by atoms with Crippen LogP contribution < -0.4 is 10.6 Å². The van der Waals surface area contributed by atoms with Crippen molar-refractivity contribution < 1.29 is 23.9 Å². The van der Waals surface area contributed by atoms with E-state index in [1.807, 2.05) is 0 Å². The van der Waals surface area contributed by atoms with Crippen LogP contribution in [0.3, 0.4) is 0 Å². The fourth-order valence-electron chi connectivity index (χ4n) is 4.44. The third-order valence-corrected chi connectivity index (χ3v) is 6.41. The molecule has 0 aromatic carbocycles. The zero-order chi connectivity index (χ0) is 24.1. The molecular formula is C23H40N4O5. The Morgan fingerprint density at radius 2 is 1.66 bits per heavy atom. The quantitative estimate of drug-likeness (QED) is 0.641. The topological polar surface area (TPSA) is 108 Å². The summed E-state index contributed by atoms with van der Waals surface area (Å²) in [5.41, 5.74) is -0.674. The SMILES string of the molecule is CNC(=O)[C@@H]1CCCN1C(=O)[C@@H](NC(=O)[C@H](C)N(C)C(=O)OC(C)(C)C)C1CCCCC1. The van der Waals surface area contributed by atoms with Gasteiger partial charge in [0, 0.05) is 20.6 Å². The fraction of sp³-hybridized carbons (Fsp3) is 0.826. The van der Waals surface area contributed by atoms with Gasteiger partial charge in [-0.1, -0.05) is 19.3 Å². The summed E-state index contributed by atoms with van der Waals surface area (Å²) in [6.07, 6.45) is 5.62. The molecule has 1 saturated carbocycles. The van der Waals surface area contributed by atoms with Crippen LogP contribution in [-0.2, 0) is 19.1 Å². The van der Waals surface area contributed by atoms with Gasteiger partial charge in [-0.25, -0.2) is 4.79 Å². The number of nitrogens with one attached hydrogen (secondary N) is 2. The van der Waals surface area contributed by atoms with Gasteiger partial charge in [-0.15, -0.1) is 0 Å². The van der Waals surface area contributed by atoms with Gasteiger partial charge in [-0.05, 0) is 59.3 Å². The normalized spacial score (nSPS) is 21.4. The van der Waals surface area contributed by atoms with E-state index in [2.05, 4.69) is 10.6 Å². The number of carbonyl (C=O) groups excluding carboxylic acids is 4. The van der Waals surface area contributed by atoms with E-state index in [1.54, 1.807) is 39.6 Å². The highest BCUT2D eigenvalue weighted by atomic mass is 16.6. The molecule has 9 nitrogen and oxygen atoms in total. The van der Waals surface area contributed by atoms with Crippen molar-refractivity contribution in [3.05, 3.63) is 0 Å². The van der Waals surface area contributed by atoms with E-state index in [0.29, 0.717) is 13.0 Å². The zero-order valence-electron chi connectivity index (χ0n) is 20.4. The van der Waals surface area contributed by atoms with E-state index < -0.39 is 35.7 Å². The van der Waals surface area contributed by atoms with Crippen molar-refractivity contribution >= 4 is 23.8 Å². The molecule has 0 aromatic rings. The summed E-state index contributed by atoms with van der Waals surface area (Å²) in [4.78, 5) is 54.2. The standard InChI is InChI=1S/C23H40N4O5/c1-15(26(6)22(31)32-23(2,3)4)19(28)25-18(16-11-8-7-9-12-16)21(30)27-14-10-13-17(27)20(29)24-5/h15-18H,7-14H2,1-6H3,(H,24,29)(H,25,28)/t15-,17-,18-/m0/s1. The monoisotopic (exact) mass is 452 g/mol. The average Bonchev–Trinajstić information content (AvgIpc) is 3.24. The average molecular weight is 453 g/mol. The number of likely N-dealkylation sites (N-methyl/N-ethyl adjacent to an activating group) is 2. The first-order valence-electron chi connectivity index (χ1n) is 11.7. The predicted octanol–water partition coefficient (Wildman–Crippen LogP) is 2.04. The Hall–Kier alpha value is -2.32. The van der Waals surface area contributed by atoms with E-state index in [1.165, 1.54) is 11.9 Å². The molecule has 32 heavy (non-hydrogen) atoms. The Morgan fingerprint density at radius 1 is 1.03 bits per heavy atom. The van der Waals surface area contributed by atoms with Crippen molar-refractivity contribution in [2.24, 2.45) is 5.92 Å². The van der Waals surface area contributed by atoms with Crippen LogP contribution in [0.4, 0.5) is 4.79 Å². The summed E-state index contributed by atoms with van der Waals surface area (Å²) in [5.74, 6) is -0.769. The van der Waals surface area contributed by atoms with Gasteiger partial charge in [0.15, 0.2) is 0 Å². The van der Waals surface area contributed by atoms with Crippen LogP contribution in [-0.4, -0.2) is 78.0 Å². The molecular weight excluding hydrogens is 412 g/mol. The van der Waals surface area contributed by atoms with Crippen LogP contribution in [0.1, 0.15) is 72.6 Å². The maximum absolute atomic E-state index is 13.6. The van der Waals surface area contributed by atoms with Crippen LogP contribution in [0.25, 0.3) is 0 Å². The van der Waals surface area contributed by atoms with Crippen molar-refractivity contribution in [1.29, 1.82) is 0 Å². The van der Waals surface area contributed by atoms with Crippen molar-refractivity contribution in [1.82, 2.24) is 20.4 Å². The highest BCUT2D eigenvalue weighted by Gasteiger charge is 2.41. The molecule has 1 aliphatic carbocycles. The minimum Gasteiger partial charge on any atom is -0.444 e. The molecule has 9 heteroatoms. The number of amides is 4. The molecule has 0 radical (unpaired) electrons. The van der Waals surface area contributed by atoms with Crippen LogP contribution in [0.5, 0.6) is 0 Å². The van der Waals surface area contributed by atoms with Gasteiger partial charge in [0.2, 0.25) is 17.7 Å². The number of rotatable bonds is 6. The molecule has 1 heterocycles. The molecule has 1 aliphatic heterocycles. The van der Waals surface area contributed by atoms with Crippen LogP contribution in [0, 0.1) is 5.92 Å². The Morgan fingerprint density at radius 3 is 2.22 bits per heavy atom. The molecule has 2 rings (SSSR count). The first-order valence-corrected chi connectivity index (χ1v) is 11.7. The zero-order valence-corrected chi connectivity index (χ0v) is 20.4. The summed E-state index contributed by atoms with van der Waals surface area (Å²) < 4.78 is 5.36. The molecule has 1 saturated heterocycles. The summed E-state index contributed by atoms with van der Waals surface area (Å²) >= 11 is 0. The lowest BCUT2D eigenvalue weighted by molar-refractivity contribution is -0.143. The highest BCUT2D eigenvalue weighted by molar-refractivity contribution is 5.94. The third-order valence-electron chi connectivity index (χ3n) is 6.41. The first kappa shape index (κ1) is 25.9. The number of carbonyl (C=O) groups is 4. The van der Waals surface area contributed by atoms with Gasteiger partial charge < -0.3 is 20.3 Å². The molecule has 182 valence electrons. The minimum atomic E-state index is -0.808. The summed E-state index contributed by atoms with van der Waals surface area (Å²) in [5, 5.41) is 5.56. The van der Waals surface area contributed by atoms with E-state index >= 15 is 0 Å². The van der Waals surface area contributed by atoms with E-state index in [0.717, 1.165) is 38.5 Å². The smallest absolute Gasteiger partial charge is 0.410 e. The van der Waals surface area contributed by atoms with E-state index in [9.17, 15) is 19.2 Å². The van der Waals surface area contributed by atoms with Gasteiger partial charge in [0.05, 0.1) is 0 Å². The molecule has 0 bridgehead atoms. The Bertz CT molecular complexity index is 699. The fourth-order valence-corrected chi connectivity index (χ4v) is 4.44. The van der Waals surface area contributed by atoms with Gasteiger partial charge in [-0.2, -0.15) is 0 Å². The van der Waals surface area contributed by atoms with Crippen molar-refractivity contribution in [3.8, 4) is 0 Å². The van der Waals surface area contributed by atoms with E-state index in [4.69, 9.17) is 4.74 Å².